The van der Waals surface area contributed by atoms with Gasteiger partial charge in [0.1, 0.15) is 0 Å². The van der Waals surface area contributed by atoms with Crippen molar-refractivity contribution in [3.63, 3.8) is 0 Å². The van der Waals surface area contributed by atoms with Crippen molar-refractivity contribution in [2.24, 2.45) is 0 Å². The molecule has 0 fully saturated rings. The van der Waals surface area contributed by atoms with Crippen LogP contribution in [0.4, 0.5) is 5.69 Å². The Kier molecular flexibility index (Phi) is 6.25. The van der Waals surface area contributed by atoms with Crippen molar-refractivity contribution in [3.8, 4) is 5.69 Å². The summed E-state index contributed by atoms with van der Waals surface area (Å²) in [6.45, 7) is 3.91. The summed E-state index contributed by atoms with van der Waals surface area (Å²) in [5.74, 6) is -0.0208. The highest BCUT2D eigenvalue weighted by atomic mass is 79.9. The Bertz CT molecular complexity index is 1310. The maximum absolute atomic E-state index is 13.2. The van der Waals surface area contributed by atoms with Gasteiger partial charge in [-0.05, 0) is 61.4 Å². The number of hydrogen-bond donors (Lipinski definition) is 1. The number of amides is 1. The maximum Gasteiger partial charge on any atom is 0.266 e. The van der Waals surface area contributed by atoms with Crippen LogP contribution < -0.4 is 10.9 Å². The standard InChI is InChI=1S/C24H20BrN3O2S/c1-15-12-17(25)13-16(2)22(15)27-21(29)14-31-24-26-20-11-7-6-10-19(20)23(30)28(24)18-8-4-3-5-9-18/h3-13H,14H2,1-2H3,(H,27,29). The molecule has 0 aliphatic carbocycles. The van der Waals surface area contributed by atoms with Crippen molar-refractivity contribution in [2.75, 3.05) is 11.1 Å². The van der Waals surface area contributed by atoms with E-state index in [1.807, 2.05) is 74.5 Å². The minimum absolute atomic E-state index is 0.132. The molecular weight excluding hydrogens is 474 g/mol. The van der Waals surface area contributed by atoms with Gasteiger partial charge in [0.15, 0.2) is 5.16 Å². The number of nitrogens with zero attached hydrogens (tertiary/aromatic N) is 2. The Labute approximate surface area is 192 Å². The van der Waals surface area contributed by atoms with Crippen LogP contribution in [0.5, 0.6) is 0 Å². The van der Waals surface area contributed by atoms with Gasteiger partial charge in [-0.15, -0.1) is 0 Å². The summed E-state index contributed by atoms with van der Waals surface area (Å²) in [4.78, 5) is 30.6. The Hall–Kier alpha value is -2.90. The first-order valence-corrected chi connectivity index (χ1v) is 11.5. The molecule has 156 valence electrons. The predicted octanol–water partition coefficient (Wildman–Crippen LogP) is 5.50. The van der Waals surface area contributed by atoms with Crippen LogP contribution in [0.25, 0.3) is 16.6 Å². The molecular formula is C24H20BrN3O2S. The van der Waals surface area contributed by atoms with Crippen LogP contribution >= 0.6 is 27.7 Å². The normalized spacial score (nSPS) is 10.9. The quantitative estimate of drug-likeness (QED) is 0.294. The van der Waals surface area contributed by atoms with Gasteiger partial charge < -0.3 is 5.32 Å². The van der Waals surface area contributed by atoms with Gasteiger partial charge in [0.05, 0.1) is 22.3 Å². The van der Waals surface area contributed by atoms with E-state index in [1.54, 1.807) is 10.6 Å². The summed E-state index contributed by atoms with van der Waals surface area (Å²) in [6.07, 6.45) is 0. The third-order valence-electron chi connectivity index (χ3n) is 4.85. The van der Waals surface area contributed by atoms with Crippen molar-refractivity contribution in [2.45, 2.75) is 19.0 Å². The molecule has 1 heterocycles. The Morgan fingerprint density at radius 3 is 2.39 bits per heavy atom. The first kappa shape index (κ1) is 21.3. The molecule has 4 aromatic rings. The van der Waals surface area contributed by atoms with Gasteiger partial charge in [-0.25, -0.2) is 4.98 Å². The first-order valence-electron chi connectivity index (χ1n) is 9.70. The summed E-state index contributed by atoms with van der Waals surface area (Å²) < 4.78 is 2.54. The number of thioether (sulfide) groups is 1. The summed E-state index contributed by atoms with van der Waals surface area (Å²) in [5, 5.41) is 4.01. The molecule has 3 aromatic carbocycles. The Morgan fingerprint density at radius 2 is 1.68 bits per heavy atom. The van der Waals surface area contributed by atoms with Gasteiger partial charge in [-0.1, -0.05) is 58.0 Å². The lowest BCUT2D eigenvalue weighted by Gasteiger charge is -2.14. The van der Waals surface area contributed by atoms with E-state index in [0.717, 1.165) is 21.3 Å². The van der Waals surface area contributed by atoms with Gasteiger partial charge in [-0.2, -0.15) is 0 Å². The molecule has 7 heteroatoms. The van der Waals surface area contributed by atoms with E-state index in [-0.39, 0.29) is 17.2 Å². The van der Waals surface area contributed by atoms with Gasteiger partial charge in [0.25, 0.3) is 5.56 Å². The average molecular weight is 494 g/mol. The summed E-state index contributed by atoms with van der Waals surface area (Å²) >= 11 is 4.72. The number of benzene rings is 3. The van der Waals surface area contributed by atoms with E-state index in [2.05, 4.69) is 26.2 Å². The number of rotatable bonds is 5. The number of carbonyl (C=O) groups is 1. The highest BCUT2D eigenvalue weighted by Crippen LogP contribution is 2.26. The van der Waals surface area contributed by atoms with E-state index < -0.39 is 0 Å². The first-order chi connectivity index (χ1) is 14.9. The highest BCUT2D eigenvalue weighted by Gasteiger charge is 2.15. The van der Waals surface area contributed by atoms with E-state index in [0.29, 0.717) is 21.7 Å². The van der Waals surface area contributed by atoms with Crippen LogP contribution in [0.15, 0.2) is 81.2 Å². The highest BCUT2D eigenvalue weighted by molar-refractivity contribution is 9.10. The minimum Gasteiger partial charge on any atom is -0.325 e. The Balaban J connectivity index is 1.65. The molecule has 1 N–H and O–H groups in total. The van der Waals surface area contributed by atoms with E-state index in [4.69, 9.17) is 0 Å². The van der Waals surface area contributed by atoms with Gasteiger partial charge >= 0.3 is 0 Å². The topological polar surface area (TPSA) is 64.0 Å². The second kappa shape index (κ2) is 9.08. The lowest BCUT2D eigenvalue weighted by molar-refractivity contribution is -0.113. The van der Waals surface area contributed by atoms with Crippen molar-refractivity contribution in [1.29, 1.82) is 0 Å². The SMILES string of the molecule is Cc1cc(Br)cc(C)c1NC(=O)CSc1nc2ccccc2c(=O)n1-c1ccccc1. The van der Waals surface area contributed by atoms with Crippen molar-refractivity contribution < 1.29 is 4.79 Å². The number of hydrogen-bond acceptors (Lipinski definition) is 4. The lowest BCUT2D eigenvalue weighted by atomic mass is 10.1. The second-order valence-electron chi connectivity index (χ2n) is 7.14. The summed E-state index contributed by atoms with van der Waals surface area (Å²) in [7, 11) is 0. The number of anilines is 1. The van der Waals surface area contributed by atoms with E-state index in [1.165, 1.54) is 11.8 Å². The van der Waals surface area contributed by atoms with Gasteiger partial charge in [0, 0.05) is 10.2 Å². The smallest absolute Gasteiger partial charge is 0.266 e. The number of halogens is 1. The number of fused-ring (bicyclic) bond motifs is 1. The van der Waals surface area contributed by atoms with Crippen LogP contribution in [0.3, 0.4) is 0 Å². The minimum atomic E-state index is -0.153. The molecule has 0 atom stereocenters. The molecule has 0 bridgehead atoms. The fraction of sp³-hybridized carbons (Fsp3) is 0.125. The second-order valence-corrected chi connectivity index (χ2v) is 9.00. The maximum atomic E-state index is 13.2. The van der Waals surface area contributed by atoms with Crippen molar-refractivity contribution >= 4 is 50.2 Å². The average Bonchev–Trinajstić information content (AvgIpc) is 2.75. The fourth-order valence-corrected chi connectivity index (χ4v) is 4.93. The van der Waals surface area contributed by atoms with Gasteiger partial charge in [0.2, 0.25) is 5.91 Å². The Morgan fingerprint density at radius 1 is 1.03 bits per heavy atom. The van der Waals surface area contributed by atoms with Crippen LogP contribution in [0, 0.1) is 13.8 Å². The van der Waals surface area contributed by atoms with Crippen molar-refractivity contribution in [3.05, 3.63) is 92.7 Å². The molecule has 4 rings (SSSR count). The van der Waals surface area contributed by atoms with Crippen LogP contribution in [-0.4, -0.2) is 21.2 Å². The number of aromatic nitrogens is 2. The molecule has 0 saturated carbocycles. The van der Waals surface area contributed by atoms with Gasteiger partial charge in [-0.3, -0.25) is 14.2 Å². The number of carbonyl (C=O) groups excluding carboxylic acids is 1. The monoisotopic (exact) mass is 493 g/mol. The molecule has 1 amide bonds. The molecule has 0 saturated heterocycles. The van der Waals surface area contributed by atoms with Crippen LogP contribution in [0.2, 0.25) is 0 Å². The molecule has 0 radical (unpaired) electrons. The predicted molar refractivity (Wildman–Crippen MR) is 130 cm³/mol. The fourth-order valence-electron chi connectivity index (χ4n) is 3.43. The molecule has 31 heavy (non-hydrogen) atoms. The van der Waals surface area contributed by atoms with E-state index in [9.17, 15) is 9.59 Å². The summed E-state index contributed by atoms with van der Waals surface area (Å²) in [5.41, 5.74) is 3.95. The van der Waals surface area contributed by atoms with Crippen LogP contribution in [-0.2, 0) is 4.79 Å². The zero-order chi connectivity index (χ0) is 22.0. The largest absolute Gasteiger partial charge is 0.325 e. The molecule has 0 aliphatic rings. The zero-order valence-corrected chi connectivity index (χ0v) is 19.5. The van der Waals surface area contributed by atoms with Crippen LogP contribution in [0.1, 0.15) is 11.1 Å². The third kappa shape index (κ3) is 4.57. The molecule has 0 unspecified atom stereocenters. The number of aryl methyl sites for hydroxylation is 2. The van der Waals surface area contributed by atoms with Crippen molar-refractivity contribution in [1.82, 2.24) is 9.55 Å². The number of para-hydroxylation sites is 2. The summed E-state index contributed by atoms with van der Waals surface area (Å²) in [6, 6.07) is 20.5. The molecule has 5 nitrogen and oxygen atoms in total. The van der Waals surface area contributed by atoms with E-state index >= 15 is 0 Å². The lowest BCUT2D eigenvalue weighted by Crippen LogP contribution is -2.23. The molecule has 0 aliphatic heterocycles. The zero-order valence-electron chi connectivity index (χ0n) is 17.1. The molecule has 0 spiro atoms. The third-order valence-corrected chi connectivity index (χ3v) is 6.25. The molecule has 1 aromatic heterocycles. The number of nitrogens with one attached hydrogen (secondary N) is 1.